The first kappa shape index (κ1) is 11.6. The highest BCUT2D eigenvalue weighted by atomic mass is 16.1. The fourth-order valence-corrected chi connectivity index (χ4v) is 1.22. The van der Waals surface area contributed by atoms with Crippen molar-refractivity contribution in [1.29, 1.82) is 0 Å². The van der Waals surface area contributed by atoms with Crippen molar-refractivity contribution < 1.29 is 4.79 Å². The number of carbonyl (C=O) groups is 1. The van der Waals surface area contributed by atoms with Crippen molar-refractivity contribution in [3.05, 3.63) is 0 Å². The van der Waals surface area contributed by atoms with Gasteiger partial charge in [-0.3, -0.25) is 9.69 Å². The second kappa shape index (κ2) is 6.18. The Bertz CT molecular complexity index is 128. The Morgan fingerprint density at radius 3 is 2.08 bits per heavy atom. The van der Waals surface area contributed by atoms with Gasteiger partial charge in [0.25, 0.3) is 0 Å². The molecular weight excluding hydrogens is 150 g/mol. The number of carbonyl (C=O) groups excluding carboxylic acids is 1. The zero-order valence-corrected chi connectivity index (χ0v) is 8.76. The maximum absolute atomic E-state index is 11.3. The molecule has 0 aromatic heterocycles. The summed E-state index contributed by atoms with van der Waals surface area (Å²) in [5.41, 5.74) is 0. The molecule has 0 bridgehead atoms. The summed E-state index contributed by atoms with van der Waals surface area (Å²) >= 11 is 0. The van der Waals surface area contributed by atoms with Crippen LogP contribution in [0.5, 0.6) is 0 Å². The highest BCUT2D eigenvalue weighted by Crippen LogP contribution is 2.01. The smallest absolute Gasteiger partial charge is 0.147 e. The van der Waals surface area contributed by atoms with Crippen LogP contribution in [0.2, 0.25) is 0 Å². The average molecular weight is 171 g/mol. The van der Waals surface area contributed by atoms with E-state index in [-0.39, 0.29) is 0 Å². The predicted molar refractivity (Wildman–Crippen MR) is 52.3 cm³/mol. The van der Waals surface area contributed by atoms with E-state index in [4.69, 9.17) is 0 Å². The van der Waals surface area contributed by atoms with E-state index in [1.807, 2.05) is 0 Å². The minimum absolute atomic E-state index is 0.369. The minimum Gasteiger partial charge on any atom is -0.298 e. The molecule has 0 aromatic rings. The van der Waals surface area contributed by atoms with E-state index < -0.39 is 0 Å². The molecule has 0 radical (unpaired) electrons. The first-order valence-electron chi connectivity index (χ1n) is 4.84. The molecule has 0 saturated heterocycles. The Kier molecular flexibility index (Phi) is 5.99. The van der Waals surface area contributed by atoms with Crippen LogP contribution in [0.4, 0.5) is 0 Å². The Balaban J connectivity index is 3.66. The fourth-order valence-electron chi connectivity index (χ4n) is 1.22. The highest BCUT2D eigenvalue weighted by molar-refractivity contribution is 5.80. The van der Waals surface area contributed by atoms with Crippen LogP contribution in [0.25, 0.3) is 0 Å². The van der Waals surface area contributed by atoms with Gasteiger partial charge in [0.15, 0.2) is 0 Å². The second-order valence-electron chi connectivity index (χ2n) is 3.60. The normalized spacial score (nSPS) is 11.2. The second-order valence-corrected chi connectivity index (χ2v) is 3.60. The van der Waals surface area contributed by atoms with Gasteiger partial charge in [-0.25, -0.2) is 0 Å². The molecule has 0 aromatic carbocycles. The van der Waals surface area contributed by atoms with Gasteiger partial charge in [-0.15, -0.1) is 0 Å². The molecular formula is C10H21NO. The van der Waals surface area contributed by atoms with Gasteiger partial charge in [-0.2, -0.15) is 0 Å². The molecule has 72 valence electrons. The molecule has 0 heterocycles. The fraction of sp³-hybridized carbons (Fsp3) is 0.900. The van der Waals surface area contributed by atoms with E-state index in [1.165, 1.54) is 0 Å². The molecule has 0 saturated carbocycles. The van der Waals surface area contributed by atoms with Gasteiger partial charge in [-0.05, 0) is 19.0 Å². The third-order valence-electron chi connectivity index (χ3n) is 1.93. The van der Waals surface area contributed by atoms with Gasteiger partial charge in [-0.1, -0.05) is 27.7 Å². The standard InChI is InChI=1S/C10H21NO/c1-5-11(6-2)8-10(12)7-9(3)4/h9H,5-8H2,1-4H3. The number of hydrogen-bond donors (Lipinski definition) is 0. The minimum atomic E-state index is 0.369. The van der Waals surface area contributed by atoms with Crippen LogP contribution in [0.15, 0.2) is 0 Å². The summed E-state index contributed by atoms with van der Waals surface area (Å²) in [7, 11) is 0. The highest BCUT2D eigenvalue weighted by Gasteiger charge is 2.08. The van der Waals surface area contributed by atoms with Crippen LogP contribution >= 0.6 is 0 Å². The lowest BCUT2D eigenvalue weighted by molar-refractivity contribution is -0.120. The van der Waals surface area contributed by atoms with Crippen molar-refractivity contribution in [2.45, 2.75) is 34.1 Å². The van der Waals surface area contributed by atoms with Crippen molar-refractivity contribution in [1.82, 2.24) is 4.90 Å². The lowest BCUT2D eigenvalue weighted by Crippen LogP contribution is -2.29. The van der Waals surface area contributed by atoms with Crippen LogP contribution in [-0.4, -0.2) is 30.3 Å². The molecule has 0 aliphatic carbocycles. The van der Waals surface area contributed by atoms with Crippen LogP contribution in [0, 0.1) is 5.92 Å². The summed E-state index contributed by atoms with van der Waals surface area (Å²) in [6, 6.07) is 0. The molecule has 0 N–H and O–H groups in total. The zero-order chi connectivity index (χ0) is 9.56. The molecule has 0 spiro atoms. The number of nitrogens with zero attached hydrogens (tertiary/aromatic N) is 1. The molecule has 0 fully saturated rings. The molecule has 2 heteroatoms. The summed E-state index contributed by atoms with van der Waals surface area (Å²) < 4.78 is 0. The Hall–Kier alpha value is -0.370. The summed E-state index contributed by atoms with van der Waals surface area (Å²) in [5, 5.41) is 0. The van der Waals surface area contributed by atoms with Gasteiger partial charge in [0.1, 0.15) is 5.78 Å². The van der Waals surface area contributed by atoms with Crippen molar-refractivity contribution in [2.24, 2.45) is 5.92 Å². The molecule has 0 aliphatic rings. The van der Waals surface area contributed by atoms with Crippen molar-refractivity contribution in [2.75, 3.05) is 19.6 Å². The van der Waals surface area contributed by atoms with Gasteiger partial charge in [0.2, 0.25) is 0 Å². The van der Waals surface area contributed by atoms with E-state index in [0.29, 0.717) is 18.2 Å². The van der Waals surface area contributed by atoms with Crippen molar-refractivity contribution >= 4 is 5.78 Å². The van der Waals surface area contributed by atoms with E-state index in [0.717, 1.165) is 19.5 Å². The zero-order valence-electron chi connectivity index (χ0n) is 8.76. The summed E-state index contributed by atoms with van der Waals surface area (Å²) in [4.78, 5) is 13.5. The largest absolute Gasteiger partial charge is 0.298 e. The molecule has 12 heavy (non-hydrogen) atoms. The van der Waals surface area contributed by atoms with Gasteiger partial charge >= 0.3 is 0 Å². The number of Topliss-reactive ketones (excluding diaryl/α,β-unsaturated/α-hetero) is 1. The van der Waals surface area contributed by atoms with Crippen molar-refractivity contribution in [3.63, 3.8) is 0 Å². The third kappa shape index (κ3) is 5.30. The van der Waals surface area contributed by atoms with Crippen molar-refractivity contribution in [3.8, 4) is 0 Å². The Morgan fingerprint density at radius 1 is 1.25 bits per heavy atom. The maximum atomic E-state index is 11.3. The van der Waals surface area contributed by atoms with Crippen LogP contribution in [0.1, 0.15) is 34.1 Å². The van der Waals surface area contributed by atoms with Crippen LogP contribution < -0.4 is 0 Å². The topological polar surface area (TPSA) is 20.3 Å². The summed E-state index contributed by atoms with van der Waals surface area (Å²) in [5.74, 6) is 0.863. The predicted octanol–water partition coefficient (Wildman–Crippen LogP) is 1.94. The monoisotopic (exact) mass is 171 g/mol. The van der Waals surface area contributed by atoms with Crippen LogP contribution in [-0.2, 0) is 4.79 Å². The average Bonchev–Trinajstić information content (AvgIpc) is 1.98. The van der Waals surface area contributed by atoms with Crippen LogP contribution in [0.3, 0.4) is 0 Å². The third-order valence-corrected chi connectivity index (χ3v) is 1.93. The number of hydrogen-bond acceptors (Lipinski definition) is 2. The summed E-state index contributed by atoms with van der Waals surface area (Å²) in [6.07, 6.45) is 0.719. The van der Waals surface area contributed by atoms with E-state index in [2.05, 4.69) is 32.6 Å². The first-order valence-corrected chi connectivity index (χ1v) is 4.84. The Morgan fingerprint density at radius 2 is 1.75 bits per heavy atom. The van der Waals surface area contributed by atoms with E-state index in [9.17, 15) is 4.79 Å². The number of ketones is 1. The van der Waals surface area contributed by atoms with E-state index in [1.54, 1.807) is 0 Å². The Labute approximate surface area is 75.9 Å². The maximum Gasteiger partial charge on any atom is 0.147 e. The van der Waals surface area contributed by atoms with Gasteiger partial charge in [0, 0.05) is 6.42 Å². The number of likely N-dealkylation sites (N-methyl/N-ethyl adjacent to an activating group) is 1. The molecule has 0 aliphatic heterocycles. The number of rotatable bonds is 6. The SMILES string of the molecule is CCN(CC)CC(=O)CC(C)C. The first-order chi connectivity index (χ1) is 5.60. The molecule has 0 atom stereocenters. The quantitative estimate of drug-likeness (QED) is 0.608. The molecule has 2 nitrogen and oxygen atoms in total. The van der Waals surface area contributed by atoms with Gasteiger partial charge in [0.05, 0.1) is 6.54 Å². The molecule has 0 unspecified atom stereocenters. The van der Waals surface area contributed by atoms with Gasteiger partial charge < -0.3 is 0 Å². The lowest BCUT2D eigenvalue weighted by atomic mass is 10.1. The lowest BCUT2D eigenvalue weighted by Gasteiger charge is -2.17. The molecule has 0 amide bonds. The molecule has 0 rings (SSSR count). The van der Waals surface area contributed by atoms with E-state index >= 15 is 0 Å². The summed E-state index contributed by atoms with van der Waals surface area (Å²) in [6.45, 7) is 10.9.